The fraction of sp³-hybridized carbons (Fsp3) is 0. The first-order valence-corrected chi connectivity index (χ1v) is 8.46. The van der Waals surface area contributed by atoms with Gasteiger partial charge < -0.3 is 29.7 Å². The number of ketones is 1. The Bertz CT molecular complexity index is 829. The number of thiophene rings is 1. The van der Waals surface area contributed by atoms with E-state index in [1.165, 1.54) is 11.3 Å². The summed E-state index contributed by atoms with van der Waals surface area (Å²) in [5.74, 6) is -0.108. The van der Waals surface area contributed by atoms with Crippen LogP contribution < -0.4 is 10.3 Å². The van der Waals surface area contributed by atoms with Crippen molar-refractivity contribution in [2.45, 2.75) is 4.21 Å². The van der Waals surface area contributed by atoms with Crippen LogP contribution in [0.15, 0.2) is 63.5 Å². The number of nitrogen functional groups attached to an aromatic ring is 1. The summed E-state index contributed by atoms with van der Waals surface area (Å²) < 4.78 is 3.37. The molecule has 0 saturated carbocycles. The van der Waals surface area contributed by atoms with Gasteiger partial charge in [-0.05, 0) is 28.5 Å². The zero-order chi connectivity index (χ0) is 15.7. The molecule has 0 saturated heterocycles. The number of nitrogens with two attached hydrogens (primary N) is 1. The third kappa shape index (κ3) is 2.77. The highest BCUT2D eigenvalue weighted by molar-refractivity contribution is 9.10. The molecule has 3 nitrogen and oxygen atoms in total. The molecule has 2 aromatic heterocycles. The molecular formula is C16H11BrN2OS2. The second kappa shape index (κ2) is 6.16. The minimum absolute atomic E-state index is 0.108. The molecule has 0 spiro atoms. The average molecular weight is 391 g/mol. The lowest BCUT2D eigenvalue weighted by atomic mass is 10.1. The summed E-state index contributed by atoms with van der Waals surface area (Å²) in [6.07, 6.45) is 3.73. The van der Waals surface area contributed by atoms with Gasteiger partial charge in [-0.25, -0.2) is 0 Å². The molecule has 0 fully saturated rings. The number of hydrogen-bond acceptors (Lipinski definition) is 4. The van der Waals surface area contributed by atoms with Gasteiger partial charge in [-0.1, -0.05) is 22.0 Å². The number of halogens is 1. The fourth-order valence-corrected chi connectivity index (χ4v) is 3.75. The maximum atomic E-state index is 12.6. The minimum Gasteiger partial charge on any atom is -0.421 e. The summed E-state index contributed by atoms with van der Waals surface area (Å²) in [5, 5.41) is 0. The molecule has 0 aliphatic carbocycles. The molecule has 6 heteroatoms. The van der Waals surface area contributed by atoms with E-state index in [1.807, 2.05) is 47.3 Å². The van der Waals surface area contributed by atoms with Crippen molar-refractivity contribution in [1.82, 2.24) is 0 Å². The molecular weight excluding hydrogens is 380 g/mol. The number of hydrogen-bond donors (Lipinski definition) is 1. The van der Waals surface area contributed by atoms with Gasteiger partial charge in [0.2, 0.25) is 5.69 Å². The number of carbonyl (C=O) groups is 1. The molecule has 22 heavy (non-hydrogen) atoms. The van der Waals surface area contributed by atoms with E-state index in [4.69, 9.17) is 18.4 Å². The highest BCUT2D eigenvalue weighted by Crippen LogP contribution is 2.33. The monoisotopic (exact) mass is 390 g/mol. The van der Waals surface area contributed by atoms with Crippen LogP contribution in [0.4, 0.5) is 5.69 Å². The van der Waals surface area contributed by atoms with E-state index in [2.05, 4.69) is 15.9 Å². The van der Waals surface area contributed by atoms with Gasteiger partial charge in [-0.3, -0.25) is 4.79 Å². The highest BCUT2D eigenvalue weighted by atomic mass is 79.9. The summed E-state index contributed by atoms with van der Waals surface area (Å²) >= 11 is 10.00. The quantitative estimate of drug-likeness (QED) is 0.422. The Hall–Kier alpha value is -1.76. The predicted molar refractivity (Wildman–Crippen MR) is 93.5 cm³/mol. The lowest BCUT2D eigenvalue weighted by Crippen LogP contribution is -2.30. The molecule has 0 aliphatic heterocycles. The SMILES string of the molecule is Nc1c(C(=O)c2ccc(Br)cc2)sc([S-])c1-[n+]1ccccc1. The maximum absolute atomic E-state index is 12.6. The summed E-state index contributed by atoms with van der Waals surface area (Å²) in [7, 11) is 0. The number of benzene rings is 1. The first-order valence-electron chi connectivity index (χ1n) is 6.44. The van der Waals surface area contributed by atoms with Crippen LogP contribution >= 0.6 is 27.3 Å². The summed E-state index contributed by atoms with van der Waals surface area (Å²) in [5.41, 5.74) is 7.92. The lowest BCUT2D eigenvalue weighted by molar-refractivity contribution is -0.596. The molecule has 3 aromatic rings. The predicted octanol–water partition coefficient (Wildman–Crippen LogP) is 3.51. The average Bonchev–Trinajstić information content (AvgIpc) is 2.83. The first kappa shape index (κ1) is 15.1. The van der Waals surface area contributed by atoms with Crippen LogP contribution in [0.25, 0.3) is 5.69 Å². The Kier molecular flexibility index (Phi) is 4.24. The molecule has 1 aromatic carbocycles. The van der Waals surface area contributed by atoms with Crippen molar-refractivity contribution in [3.8, 4) is 5.69 Å². The zero-order valence-electron chi connectivity index (χ0n) is 11.3. The van der Waals surface area contributed by atoms with Crippen molar-refractivity contribution in [2.24, 2.45) is 0 Å². The van der Waals surface area contributed by atoms with Gasteiger partial charge in [-0.2, -0.15) is 4.57 Å². The third-order valence-corrected chi connectivity index (χ3v) is 5.13. The van der Waals surface area contributed by atoms with Gasteiger partial charge in [0, 0.05) is 27.0 Å². The van der Waals surface area contributed by atoms with Crippen molar-refractivity contribution in [1.29, 1.82) is 0 Å². The maximum Gasteiger partial charge on any atom is 0.222 e. The van der Waals surface area contributed by atoms with E-state index in [0.29, 0.717) is 26.0 Å². The minimum atomic E-state index is -0.108. The third-order valence-electron chi connectivity index (χ3n) is 3.17. The summed E-state index contributed by atoms with van der Waals surface area (Å²) in [6, 6.07) is 12.9. The number of nitrogens with zero attached hydrogens (tertiary/aromatic N) is 1. The number of rotatable bonds is 3. The molecule has 2 heterocycles. The molecule has 0 atom stereocenters. The van der Waals surface area contributed by atoms with E-state index >= 15 is 0 Å². The van der Waals surface area contributed by atoms with E-state index in [-0.39, 0.29) is 5.78 Å². The molecule has 0 aliphatic rings. The smallest absolute Gasteiger partial charge is 0.222 e. The van der Waals surface area contributed by atoms with E-state index in [1.54, 1.807) is 12.1 Å². The van der Waals surface area contributed by atoms with Gasteiger partial charge in [0.1, 0.15) is 5.69 Å². The zero-order valence-corrected chi connectivity index (χ0v) is 14.5. The van der Waals surface area contributed by atoms with Crippen LogP contribution in [0.5, 0.6) is 0 Å². The van der Waals surface area contributed by atoms with E-state index < -0.39 is 0 Å². The van der Waals surface area contributed by atoms with Crippen LogP contribution in [-0.2, 0) is 12.6 Å². The molecule has 0 amide bonds. The Morgan fingerprint density at radius 3 is 2.41 bits per heavy atom. The molecule has 0 radical (unpaired) electrons. The van der Waals surface area contributed by atoms with E-state index in [9.17, 15) is 4.79 Å². The van der Waals surface area contributed by atoms with Crippen molar-refractivity contribution in [3.63, 3.8) is 0 Å². The summed E-state index contributed by atoms with van der Waals surface area (Å²) in [6.45, 7) is 0. The molecule has 0 bridgehead atoms. The fourth-order valence-electron chi connectivity index (χ4n) is 2.11. The van der Waals surface area contributed by atoms with Crippen molar-refractivity contribution in [2.75, 3.05) is 5.73 Å². The number of pyridine rings is 1. The lowest BCUT2D eigenvalue weighted by Gasteiger charge is -2.03. The largest absolute Gasteiger partial charge is 0.421 e. The van der Waals surface area contributed by atoms with Crippen LogP contribution in [0.2, 0.25) is 0 Å². The van der Waals surface area contributed by atoms with Gasteiger partial charge in [0.05, 0.1) is 0 Å². The van der Waals surface area contributed by atoms with Gasteiger partial charge in [0.15, 0.2) is 18.2 Å². The second-order valence-corrected chi connectivity index (χ2v) is 7.20. The van der Waals surface area contributed by atoms with Gasteiger partial charge in [-0.15, -0.1) is 0 Å². The van der Waals surface area contributed by atoms with E-state index in [0.717, 1.165) is 4.47 Å². The van der Waals surface area contributed by atoms with Crippen molar-refractivity contribution < 1.29 is 9.36 Å². The molecule has 2 N–H and O–H groups in total. The normalized spacial score (nSPS) is 10.6. The standard InChI is InChI=1S/C16H11BrN2OS2/c17-11-6-4-10(5-7-11)14(20)15-12(18)13(16(21)22-15)19-8-2-1-3-9-19/h1-9H,(H2-,18,20,21). The Morgan fingerprint density at radius 2 is 1.77 bits per heavy atom. The Morgan fingerprint density at radius 1 is 1.14 bits per heavy atom. The van der Waals surface area contributed by atoms with Gasteiger partial charge in [0.25, 0.3) is 0 Å². The topological polar surface area (TPSA) is 47.0 Å². The molecule has 110 valence electrons. The first-order chi connectivity index (χ1) is 10.6. The number of carbonyl (C=O) groups excluding carboxylic acids is 1. The number of anilines is 1. The summed E-state index contributed by atoms with van der Waals surface area (Å²) in [4.78, 5) is 13.1. The Balaban J connectivity index is 2.06. The molecule has 0 unspecified atom stereocenters. The highest BCUT2D eigenvalue weighted by Gasteiger charge is 2.20. The van der Waals surface area contributed by atoms with Crippen molar-refractivity contribution in [3.05, 3.63) is 69.8 Å². The Labute approximate surface area is 146 Å². The van der Waals surface area contributed by atoms with Crippen LogP contribution in [-0.4, -0.2) is 5.78 Å². The van der Waals surface area contributed by atoms with Gasteiger partial charge >= 0.3 is 0 Å². The molecule has 3 rings (SSSR count). The van der Waals surface area contributed by atoms with Crippen LogP contribution in [0.3, 0.4) is 0 Å². The number of aromatic nitrogens is 1. The van der Waals surface area contributed by atoms with Crippen molar-refractivity contribution >= 4 is 51.4 Å². The second-order valence-electron chi connectivity index (χ2n) is 4.60. The van der Waals surface area contributed by atoms with Crippen LogP contribution in [0, 0.1) is 0 Å². The van der Waals surface area contributed by atoms with Crippen LogP contribution in [0.1, 0.15) is 15.2 Å².